The minimum atomic E-state index is 0.424. The first-order chi connectivity index (χ1) is 10.2. The number of hydrogen-bond acceptors (Lipinski definition) is 5. The molecule has 0 radical (unpaired) electrons. The van der Waals surface area contributed by atoms with E-state index in [1.165, 1.54) is 25.7 Å². The quantitative estimate of drug-likeness (QED) is 0.837. The van der Waals surface area contributed by atoms with E-state index in [9.17, 15) is 0 Å². The fourth-order valence-corrected chi connectivity index (χ4v) is 3.04. The van der Waals surface area contributed by atoms with Gasteiger partial charge in [-0.2, -0.15) is 4.98 Å². The Kier molecular flexibility index (Phi) is 6.49. The zero-order valence-corrected chi connectivity index (χ0v) is 13.8. The summed E-state index contributed by atoms with van der Waals surface area (Å²) in [4.78, 5) is 6.88. The van der Waals surface area contributed by atoms with Gasteiger partial charge in [-0.1, -0.05) is 33.6 Å². The van der Waals surface area contributed by atoms with Crippen LogP contribution in [0, 0.1) is 5.92 Å². The summed E-state index contributed by atoms with van der Waals surface area (Å²) in [7, 11) is 0. The van der Waals surface area contributed by atoms with E-state index in [0.717, 1.165) is 44.3 Å². The Morgan fingerprint density at radius 1 is 1.19 bits per heavy atom. The molecular formula is C16H30N4O. The lowest BCUT2D eigenvalue weighted by Gasteiger charge is -2.18. The first-order valence-corrected chi connectivity index (χ1v) is 8.50. The Morgan fingerprint density at radius 2 is 1.90 bits per heavy atom. The maximum absolute atomic E-state index is 5.47. The van der Waals surface area contributed by atoms with Gasteiger partial charge in [0.25, 0.3) is 5.95 Å². The zero-order valence-electron chi connectivity index (χ0n) is 13.8. The third-order valence-corrected chi connectivity index (χ3v) is 4.02. The van der Waals surface area contributed by atoms with Crippen LogP contribution in [0.2, 0.25) is 0 Å². The van der Waals surface area contributed by atoms with Crippen molar-refractivity contribution in [2.75, 3.05) is 24.5 Å². The van der Waals surface area contributed by atoms with Gasteiger partial charge in [-0.3, -0.25) is 0 Å². The molecule has 1 aliphatic heterocycles. The highest BCUT2D eigenvalue weighted by molar-refractivity contribution is 5.27. The van der Waals surface area contributed by atoms with Crippen LogP contribution in [0.1, 0.15) is 58.8 Å². The lowest BCUT2D eigenvalue weighted by molar-refractivity contribution is 0.339. The molecule has 1 aromatic heterocycles. The van der Waals surface area contributed by atoms with Crippen LogP contribution < -0.4 is 10.2 Å². The Morgan fingerprint density at radius 3 is 2.52 bits per heavy atom. The van der Waals surface area contributed by atoms with Gasteiger partial charge in [-0.15, -0.1) is 0 Å². The number of nitrogens with zero attached hydrogens (tertiary/aromatic N) is 3. The lowest BCUT2D eigenvalue weighted by atomic mass is 10.0. The zero-order chi connectivity index (χ0) is 15.1. The normalized spacial score (nSPS) is 18.0. The van der Waals surface area contributed by atoms with Crippen molar-refractivity contribution in [3.8, 4) is 0 Å². The summed E-state index contributed by atoms with van der Waals surface area (Å²) in [5, 5.41) is 7.71. The number of aromatic nitrogens is 2. The summed E-state index contributed by atoms with van der Waals surface area (Å²) in [6.07, 6.45) is 7.06. The molecule has 0 bridgehead atoms. The molecule has 1 N–H and O–H groups in total. The van der Waals surface area contributed by atoms with Gasteiger partial charge in [0.15, 0.2) is 0 Å². The van der Waals surface area contributed by atoms with Gasteiger partial charge in [-0.25, -0.2) is 0 Å². The molecular weight excluding hydrogens is 264 g/mol. The molecule has 5 nitrogen and oxygen atoms in total. The predicted octanol–water partition coefficient (Wildman–Crippen LogP) is 3.02. The fraction of sp³-hybridized carbons (Fsp3) is 0.875. The molecule has 1 fully saturated rings. The van der Waals surface area contributed by atoms with E-state index in [4.69, 9.17) is 4.52 Å². The van der Waals surface area contributed by atoms with Gasteiger partial charge in [0, 0.05) is 25.6 Å². The molecule has 0 amide bonds. The summed E-state index contributed by atoms with van der Waals surface area (Å²) in [5.74, 6) is 2.22. The topological polar surface area (TPSA) is 54.2 Å². The minimum absolute atomic E-state index is 0.424. The van der Waals surface area contributed by atoms with Crippen molar-refractivity contribution < 1.29 is 4.52 Å². The number of anilines is 1. The molecule has 120 valence electrons. The maximum atomic E-state index is 5.47. The van der Waals surface area contributed by atoms with Crippen molar-refractivity contribution in [1.29, 1.82) is 0 Å². The highest BCUT2D eigenvalue weighted by atomic mass is 16.5. The molecule has 0 saturated carbocycles. The third kappa shape index (κ3) is 5.30. The van der Waals surface area contributed by atoms with Gasteiger partial charge in [0.1, 0.15) is 0 Å². The summed E-state index contributed by atoms with van der Waals surface area (Å²) in [5.41, 5.74) is 0. The molecule has 2 rings (SSSR count). The molecule has 5 heteroatoms. The summed E-state index contributed by atoms with van der Waals surface area (Å²) in [6, 6.07) is 0.424. The molecule has 1 aliphatic rings. The van der Waals surface area contributed by atoms with Crippen molar-refractivity contribution in [3.63, 3.8) is 0 Å². The highest BCUT2D eigenvalue weighted by Gasteiger charge is 2.18. The molecule has 0 spiro atoms. The molecule has 0 aromatic carbocycles. The second kappa shape index (κ2) is 8.37. The first kappa shape index (κ1) is 16.3. The number of likely N-dealkylation sites (N-methyl/N-ethyl adjacent to an activating group) is 1. The Labute approximate surface area is 128 Å². The van der Waals surface area contributed by atoms with Crippen molar-refractivity contribution >= 4 is 5.95 Å². The smallest absolute Gasteiger partial charge is 0.266 e. The molecule has 21 heavy (non-hydrogen) atoms. The summed E-state index contributed by atoms with van der Waals surface area (Å²) < 4.78 is 5.47. The highest BCUT2D eigenvalue weighted by Crippen LogP contribution is 2.17. The van der Waals surface area contributed by atoms with Crippen LogP contribution in [0.3, 0.4) is 0 Å². The van der Waals surface area contributed by atoms with Gasteiger partial charge in [-0.05, 0) is 36.9 Å². The summed E-state index contributed by atoms with van der Waals surface area (Å²) >= 11 is 0. The SMILES string of the molecule is CCNC(Cc1nc(N2CCCCCC2)no1)CC(C)C. The standard InChI is InChI=1S/C16H30N4O/c1-4-17-14(11-13(2)3)12-15-18-16(19-21-15)20-9-7-5-6-8-10-20/h13-14,17H,4-12H2,1-3H3. The predicted molar refractivity (Wildman–Crippen MR) is 85.6 cm³/mol. The van der Waals surface area contributed by atoms with E-state index in [1.54, 1.807) is 0 Å². The van der Waals surface area contributed by atoms with Crippen LogP contribution in [0.25, 0.3) is 0 Å². The number of nitrogens with one attached hydrogen (secondary N) is 1. The molecule has 1 unspecified atom stereocenters. The van der Waals surface area contributed by atoms with Crippen molar-refractivity contribution in [3.05, 3.63) is 5.89 Å². The molecule has 1 atom stereocenters. The van der Waals surface area contributed by atoms with E-state index in [0.29, 0.717) is 12.0 Å². The Bertz CT molecular complexity index is 397. The number of hydrogen-bond donors (Lipinski definition) is 1. The van der Waals surface area contributed by atoms with E-state index < -0.39 is 0 Å². The average molecular weight is 294 g/mol. The van der Waals surface area contributed by atoms with Crippen LogP contribution in [0.5, 0.6) is 0 Å². The summed E-state index contributed by atoms with van der Waals surface area (Å²) in [6.45, 7) is 9.74. The second-order valence-corrected chi connectivity index (χ2v) is 6.48. The Hall–Kier alpha value is -1.10. The van der Waals surface area contributed by atoms with E-state index in [2.05, 4.69) is 41.1 Å². The van der Waals surface area contributed by atoms with Gasteiger partial charge in [0.2, 0.25) is 5.89 Å². The van der Waals surface area contributed by atoms with Gasteiger partial charge in [0.05, 0.1) is 0 Å². The minimum Gasteiger partial charge on any atom is -0.338 e. The van der Waals surface area contributed by atoms with Gasteiger partial charge < -0.3 is 14.7 Å². The van der Waals surface area contributed by atoms with Crippen LogP contribution in [0.4, 0.5) is 5.95 Å². The van der Waals surface area contributed by atoms with Crippen LogP contribution in [-0.4, -0.2) is 35.8 Å². The first-order valence-electron chi connectivity index (χ1n) is 8.50. The molecule has 0 aliphatic carbocycles. The second-order valence-electron chi connectivity index (χ2n) is 6.48. The van der Waals surface area contributed by atoms with Crippen molar-refractivity contribution in [2.24, 2.45) is 5.92 Å². The van der Waals surface area contributed by atoms with E-state index in [1.807, 2.05) is 0 Å². The van der Waals surface area contributed by atoms with Crippen LogP contribution >= 0.6 is 0 Å². The lowest BCUT2D eigenvalue weighted by Crippen LogP contribution is -2.32. The van der Waals surface area contributed by atoms with E-state index >= 15 is 0 Å². The molecule has 1 saturated heterocycles. The third-order valence-electron chi connectivity index (χ3n) is 4.02. The van der Waals surface area contributed by atoms with E-state index in [-0.39, 0.29) is 0 Å². The fourth-order valence-electron chi connectivity index (χ4n) is 3.04. The Balaban J connectivity index is 1.94. The van der Waals surface area contributed by atoms with Crippen molar-refractivity contribution in [2.45, 2.75) is 65.3 Å². The monoisotopic (exact) mass is 294 g/mol. The average Bonchev–Trinajstić information content (AvgIpc) is 2.73. The van der Waals surface area contributed by atoms with Crippen LogP contribution in [-0.2, 0) is 6.42 Å². The van der Waals surface area contributed by atoms with Gasteiger partial charge >= 0.3 is 0 Å². The van der Waals surface area contributed by atoms with Crippen LogP contribution in [0.15, 0.2) is 4.52 Å². The maximum Gasteiger partial charge on any atom is 0.266 e. The molecule has 2 heterocycles. The largest absolute Gasteiger partial charge is 0.338 e. The molecule has 1 aromatic rings. The van der Waals surface area contributed by atoms with Crippen molar-refractivity contribution in [1.82, 2.24) is 15.5 Å². The number of rotatable bonds is 7.